The molecule has 0 saturated heterocycles. The molecule has 0 bridgehead atoms. The van der Waals surface area contributed by atoms with E-state index in [1.165, 1.54) is 11.9 Å². The predicted octanol–water partition coefficient (Wildman–Crippen LogP) is 3.28. The average molecular weight is 270 g/mol. The van der Waals surface area contributed by atoms with Crippen LogP contribution in [0, 0.1) is 0 Å². The van der Waals surface area contributed by atoms with Crippen molar-refractivity contribution in [2.75, 3.05) is 0 Å². The van der Waals surface area contributed by atoms with Gasteiger partial charge in [-0.3, -0.25) is 4.79 Å². The first-order valence-electron chi connectivity index (χ1n) is 6.72. The average Bonchev–Trinajstić information content (AvgIpc) is 2.46. The molecule has 0 radical (unpaired) electrons. The van der Waals surface area contributed by atoms with Crippen molar-refractivity contribution >= 4 is 5.97 Å². The highest BCUT2D eigenvalue weighted by Gasteiger charge is 2.11. The maximum Gasteiger partial charge on any atom is 0.307 e. The monoisotopic (exact) mass is 270 g/mol. The Bertz CT molecular complexity index is 594. The first kappa shape index (κ1) is 14.2. The van der Waals surface area contributed by atoms with Gasteiger partial charge in [0, 0.05) is 17.3 Å². The minimum Gasteiger partial charge on any atom is -0.481 e. The van der Waals surface area contributed by atoms with Gasteiger partial charge in [-0.05, 0) is 17.9 Å². The summed E-state index contributed by atoms with van der Waals surface area (Å²) in [7, 11) is 0. The zero-order valence-corrected chi connectivity index (χ0v) is 11.7. The van der Waals surface area contributed by atoms with Gasteiger partial charge in [-0.2, -0.15) is 0 Å². The van der Waals surface area contributed by atoms with E-state index in [4.69, 9.17) is 5.11 Å². The van der Waals surface area contributed by atoms with Gasteiger partial charge in [-0.15, -0.1) is 0 Å². The van der Waals surface area contributed by atoms with Gasteiger partial charge in [-0.1, -0.05) is 38.1 Å². The number of aliphatic carboxylic acids is 1. The number of rotatable bonds is 5. The molecule has 0 aliphatic heterocycles. The van der Waals surface area contributed by atoms with E-state index in [-0.39, 0.29) is 6.42 Å². The standard InChI is InChI=1S/C16H18N2O2/c1-3-11(2)12-4-6-13(7-5-12)16-14(8-15(19)20)9-17-10-18-16/h4-7,9-11H,3,8H2,1-2H3,(H,19,20). The zero-order chi connectivity index (χ0) is 14.5. The molecular formula is C16H18N2O2. The van der Waals surface area contributed by atoms with Crippen molar-refractivity contribution in [3.8, 4) is 11.3 Å². The molecule has 0 aliphatic carbocycles. The molecule has 2 aromatic rings. The van der Waals surface area contributed by atoms with E-state index in [0.717, 1.165) is 12.0 Å². The third-order valence-corrected chi connectivity index (χ3v) is 3.50. The van der Waals surface area contributed by atoms with Gasteiger partial charge in [0.1, 0.15) is 6.33 Å². The third-order valence-electron chi connectivity index (χ3n) is 3.50. The Hall–Kier alpha value is -2.23. The van der Waals surface area contributed by atoms with Crippen molar-refractivity contribution in [2.24, 2.45) is 0 Å². The summed E-state index contributed by atoms with van der Waals surface area (Å²) in [4.78, 5) is 19.0. The smallest absolute Gasteiger partial charge is 0.307 e. The zero-order valence-electron chi connectivity index (χ0n) is 11.7. The van der Waals surface area contributed by atoms with Crippen LogP contribution in [0.1, 0.15) is 37.3 Å². The molecule has 1 atom stereocenters. The molecule has 0 saturated carbocycles. The van der Waals surface area contributed by atoms with E-state index >= 15 is 0 Å². The third kappa shape index (κ3) is 3.20. The lowest BCUT2D eigenvalue weighted by Gasteiger charge is -2.11. The summed E-state index contributed by atoms with van der Waals surface area (Å²) in [5.74, 6) is -0.356. The molecule has 1 unspecified atom stereocenters. The van der Waals surface area contributed by atoms with Crippen LogP contribution in [0.5, 0.6) is 0 Å². The topological polar surface area (TPSA) is 63.1 Å². The number of carboxylic acids is 1. The van der Waals surface area contributed by atoms with Crippen molar-refractivity contribution in [1.82, 2.24) is 9.97 Å². The number of carboxylic acid groups (broad SMARTS) is 1. The largest absolute Gasteiger partial charge is 0.481 e. The molecule has 0 spiro atoms. The van der Waals surface area contributed by atoms with Gasteiger partial charge < -0.3 is 5.11 Å². The molecule has 0 fully saturated rings. The second-order valence-electron chi connectivity index (χ2n) is 4.90. The summed E-state index contributed by atoms with van der Waals surface area (Å²) in [6.45, 7) is 4.35. The van der Waals surface area contributed by atoms with Crippen LogP contribution in [0.2, 0.25) is 0 Å². The minimum absolute atomic E-state index is 0.0662. The van der Waals surface area contributed by atoms with Crippen LogP contribution >= 0.6 is 0 Å². The normalized spacial score (nSPS) is 12.1. The lowest BCUT2D eigenvalue weighted by molar-refractivity contribution is -0.136. The quantitative estimate of drug-likeness (QED) is 0.905. The van der Waals surface area contributed by atoms with Crippen molar-refractivity contribution in [1.29, 1.82) is 0 Å². The number of nitrogens with zero attached hydrogens (tertiary/aromatic N) is 2. The molecule has 1 aromatic heterocycles. The van der Waals surface area contributed by atoms with Gasteiger partial charge >= 0.3 is 5.97 Å². The van der Waals surface area contributed by atoms with E-state index < -0.39 is 5.97 Å². The van der Waals surface area contributed by atoms with Crippen molar-refractivity contribution in [2.45, 2.75) is 32.6 Å². The second kappa shape index (κ2) is 6.28. The number of hydrogen-bond acceptors (Lipinski definition) is 3. The Kier molecular flexibility index (Phi) is 4.45. The van der Waals surface area contributed by atoms with Gasteiger partial charge in [0.05, 0.1) is 12.1 Å². The highest BCUT2D eigenvalue weighted by molar-refractivity contribution is 5.74. The van der Waals surface area contributed by atoms with Crippen LogP contribution in [-0.4, -0.2) is 21.0 Å². The molecule has 4 heteroatoms. The number of hydrogen-bond donors (Lipinski definition) is 1. The molecule has 4 nitrogen and oxygen atoms in total. The van der Waals surface area contributed by atoms with Crippen molar-refractivity contribution < 1.29 is 9.90 Å². The first-order chi connectivity index (χ1) is 9.61. The van der Waals surface area contributed by atoms with Crippen molar-refractivity contribution in [3.05, 3.63) is 47.9 Å². The minimum atomic E-state index is -0.878. The number of carbonyl (C=O) groups is 1. The molecule has 20 heavy (non-hydrogen) atoms. The lowest BCUT2D eigenvalue weighted by atomic mass is 9.96. The van der Waals surface area contributed by atoms with Gasteiger partial charge in [-0.25, -0.2) is 9.97 Å². The van der Waals surface area contributed by atoms with E-state index in [0.29, 0.717) is 17.2 Å². The van der Waals surface area contributed by atoms with E-state index in [1.54, 1.807) is 6.20 Å². The SMILES string of the molecule is CCC(C)c1ccc(-c2ncncc2CC(=O)O)cc1. The predicted molar refractivity (Wildman–Crippen MR) is 77.5 cm³/mol. The summed E-state index contributed by atoms with van der Waals surface area (Å²) in [5, 5.41) is 8.93. The Labute approximate surface area is 118 Å². The fraction of sp³-hybridized carbons (Fsp3) is 0.312. The fourth-order valence-electron chi connectivity index (χ4n) is 2.12. The van der Waals surface area contributed by atoms with E-state index in [9.17, 15) is 4.79 Å². The Morgan fingerprint density at radius 1 is 1.30 bits per heavy atom. The van der Waals surface area contributed by atoms with Gasteiger partial charge in [0.2, 0.25) is 0 Å². The summed E-state index contributed by atoms with van der Waals surface area (Å²) in [6, 6.07) is 8.15. The molecule has 0 aliphatic rings. The molecule has 0 amide bonds. The molecule has 1 N–H and O–H groups in total. The summed E-state index contributed by atoms with van der Waals surface area (Å²) >= 11 is 0. The number of benzene rings is 1. The molecule has 1 heterocycles. The highest BCUT2D eigenvalue weighted by Crippen LogP contribution is 2.25. The maximum atomic E-state index is 10.9. The Morgan fingerprint density at radius 2 is 2.00 bits per heavy atom. The van der Waals surface area contributed by atoms with E-state index in [1.807, 2.05) is 12.1 Å². The molecule has 2 rings (SSSR count). The summed E-state index contributed by atoms with van der Waals surface area (Å²) in [5.41, 5.74) is 3.54. The molecule has 104 valence electrons. The van der Waals surface area contributed by atoms with Crippen molar-refractivity contribution in [3.63, 3.8) is 0 Å². The van der Waals surface area contributed by atoms with Gasteiger partial charge in [0.25, 0.3) is 0 Å². The highest BCUT2D eigenvalue weighted by atomic mass is 16.4. The molecular weight excluding hydrogens is 252 g/mol. The van der Waals surface area contributed by atoms with Crippen LogP contribution in [0.4, 0.5) is 0 Å². The Morgan fingerprint density at radius 3 is 2.60 bits per heavy atom. The van der Waals surface area contributed by atoms with Crippen LogP contribution < -0.4 is 0 Å². The Balaban J connectivity index is 2.34. The summed E-state index contributed by atoms with van der Waals surface area (Å²) < 4.78 is 0. The van der Waals surface area contributed by atoms with Crippen LogP contribution in [0.3, 0.4) is 0 Å². The molecule has 1 aromatic carbocycles. The second-order valence-corrected chi connectivity index (χ2v) is 4.90. The van der Waals surface area contributed by atoms with Gasteiger partial charge in [0.15, 0.2) is 0 Å². The maximum absolute atomic E-state index is 10.9. The number of aromatic nitrogens is 2. The summed E-state index contributed by atoms with van der Waals surface area (Å²) in [6.07, 6.45) is 4.04. The van der Waals surface area contributed by atoms with Crippen LogP contribution in [0.25, 0.3) is 11.3 Å². The van der Waals surface area contributed by atoms with Crippen LogP contribution in [-0.2, 0) is 11.2 Å². The van der Waals surface area contributed by atoms with Crippen LogP contribution in [0.15, 0.2) is 36.8 Å². The van der Waals surface area contributed by atoms with E-state index in [2.05, 4.69) is 35.9 Å². The fourth-order valence-corrected chi connectivity index (χ4v) is 2.12. The lowest BCUT2D eigenvalue weighted by Crippen LogP contribution is -2.04. The first-order valence-corrected chi connectivity index (χ1v) is 6.72.